The highest BCUT2D eigenvalue weighted by atomic mass is 16.4. The molecule has 0 unspecified atom stereocenters. The van der Waals surface area contributed by atoms with E-state index in [2.05, 4.69) is 5.11 Å². The molecule has 0 atom stereocenters. The van der Waals surface area contributed by atoms with E-state index in [1.54, 1.807) is 0 Å². The van der Waals surface area contributed by atoms with E-state index in [0.717, 1.165) is 11.1 Å². The highest BCUT2D eigenvalue weighted by Crippen LogP contribution is 2.12. The van der Waals surface area contributed by atoms with E-state index in [1.807, 2.05) is 32.0 Å². The SMILES string of the molecule is [3H]OC(=O)c1c(C)cccc1C. The maximum atomic E-state index is 11.0. The Morgan fingerprint density at radius 2 is 2.00 bits per heavy atom. The van der Waals surface area contributed by atoms with Crippen molar-refractivity contribution in [3.63, 3.8) is 0 Å². The summed E-state index contributed by atoms with van der Waals surface area (Å²) >= 11 is 0. The van der Waals surface area contributed by atoms with Crippen LogP contribution >= 0.6 is 0 Å². The third-order valence-corrected chi connectivity index (χ3v) is 1.69. The minimum Gasteiger partial charge on any atom is -0.478 e. The molecule has 1 aromatic carbocycles. The van der Waals surface area contributed by atoms with Crippen molar-refractivity contribution in [1.29, 1.82) is 1.43 Å². The summed E-state index contributed by atoms with van der Waals surface area (Å²) in [6.07, 6.45) is 0. The molecule has 0 saturated carbocycles. The van der Waals surface area contributed by atoms with Gasteiger partial charge in [0.1, 0.15) is 0 Å². The van der Waals surface area contributed by atoms with Crippen LogP contribution in [0.2, 0.25) is 0 Å². The first-order valence-corrected chi connectivity index (χ1v) is 3.40. The number of carbonyl (C=O) groups is 1. The van der Waals surface area contributed by atoms with E-state index in [1.165, 1.54) is 0 Å². The van der Waals surface area contributed by atoms with Crippen LogP contribution in [0.15, 0.2) is 18.2 Å². The first kappa shape index (κ1) is 6.40. The van der Waals surface area contributed by atoms with Gasteiger partial charge in [-0.15, -0.1) is 0 Å². The number of rotatable bonds is 1. The van der Waals surface area contributed by atoms with Gasteiger partial charge in [0.15, 0.2) is 0 Å². The zero-order chi connectivity index (χ0) is 9.14. The van der Waals surface area contributed by atoms with Gasteiger partial charge in [-0.3, -0.25) is 0 Å². The molecule has 0 aliphatic rings. The second-order valence-electron chi connectivity index (χ2n) is 2.55. The van der Waals surface area contributed by atoms with Crippen LogP contribution < -0.4 is 0 Å². The van der Waals surface area contributed by atoms with Crippen LogP contribution in [0, 0.1) is 13.8 Å². The summed E-state index contributed by atoms with van der Waals surface area (Å²) < 4.78 is 6.49. The molecule has 0 saturated heterocycles. The summed E-state index contributed by atoms with van der Waals surface area (Å²) in [4.78, 5) is 11.0. The Morgan fingerprint density at radius 1 is 1.45 bits per heavy atom. The Balaban J connectivity index is 3.21. The van der Waals surface area contributed by atoms with Crippen molar-refractivity contribution >= 4 is 5.97 Å². The molecule has 0 radical (unpaired) electrons. The summed E-state index contributed by atoms with van der Waals surface area (Å²) in [6.45, 7) is 3.64. The summed E-state index contributed by atoms with van der Waals surface area (Å²) in [7, 11) is 0. The third kappa shape index (κ3) is 1.40. The molecule has 0 spiro atoms. The van der Waals surface area contributed by atoms with E-state index < -0.39 is 5.97 Å². The van der Waals surface area contributed by atoms with Crippen molar-refractivity contribution in [1.82, 2.24) is 0 Å². The molecular formula is C9H10O2. The van der Waals surface area contributed by atoms with Gasteiger partial charge in [0.25, 0.3) is 1.43 Å². The molecule has 58 valence electrons. The van der Waals surface area contributed by atoms with Gasteiger partial charge in [0.05, 0.1) is 5.56 Å². The fourth-order valence-corrected chi connectivity index (χ4v) is 1.14. The highest BCUT2D eigenvalue weighted by molar-refractivity contribution is 5.90. The quantitative estimate of drug-likeness (QED) is 0.668. The maximum absolute atomic E-state index is 11.0. The lowest BCUT2D eigenvalue weighted by atomic mass is 10.0. The number of hydrogen-bond donors (Lipinski definition) is 1. The molecule has 1 N–H and O–H groups in total. The predicted octanol–water partition coefficient (Wildman–Crippen LogP) is 2.00. The minimum atomic E-state index is -0.592. The minimum absolute atomic E-state index is 0.493. The largest absolute Gasteiger partial charge is 0.478 e. The van der Waals surface area contributed by atoms with E-state index in [4.69, 9.17) is 1.43 Å². The molecule has 0 fully saturated rings. The van der Waals surface area contributed by atoms with Crippen molar-refractivity contribution in [2.75, 3.05) is 0 Å². The number of hydrogen-bond acceptors (Lipinski definition) is 2. The van der Waals surface area contributed by atoms with E-state index in [-0.39, 0.29) is 0 Å². The normalized spacial score (nSPS) is 10.5. The molecule has 0 aromatic heterocycles. The van der Waals surface area contributed by atoms with Gasteiger partial charge in [-0.1, -0.05) is 18.2 Å². The van der Waals surface area contributed by atoms with Crippen LogP contribution in [0.1, 0.15) is 21.5 Å². The second kappa shape index (κ2) is 2.74. The predicted molar refractivity (Wildman–Crippen MR) is 42.9 cm³/mol. The van der Waals surface area contributed by atoms with Crippen LogP contribution in [-0.2, 0) is 0 Å². The average Bonchev–Trinajstić information content (AvgIpc) is 2.03. The van der Waals surface area contributed by atoms with Gasteiger partial charge in [0.2, 0.25) is 0 Å². The number of carboxylic acids is 1. The van der Waals surface area contributed by atoms with Crippen LogP contribution in [0.5, 0.6) is 0 Å². The molecule has 0 aliphatic heterocycles. The van der Waals surface area contributed by atoms with Crippen LogP contribution in [-0.4, -0.2) is 11.1 Å². The molecule has 1 aromatic rings. The molecule has 2 heteroatoms. The smallest absolute Gasteiger partial charge is 0.336 e. The van der Waals surface area contributed by atoms with Gasteiger partial charge < -0.3 is 5.11 Å². The van der Waals surface area contributed by atoms with Crippen LogP contribution in [0.4, 0.5) is 0 Å². The Bertz CT molecular complexity index is 287. The van der Waals surface area contributed by atoms with E-state index in [0.29, 0.717) is 5.56 Å². The highest BCUT2D eigenvalue weighted by Gasteiger charge is 2.08. The van der Waals surface area contributed by atoms with Crippen LogP contribution in [0.25, 0.3) is 1.43 Å². The number of carboxylic acid groups (broad SMARTS) is 1. The Kier molecular flexibility index (Phi) is 1.60. The van der Waals surface area contributed by atoms with Gasteiger partial charge in [-0.25, -0.2) is 4.79 Å². The molecule has 1 rings (SSSR count). The second-order valence-corrected chi connectivity index (χ2v) is 2.55. The maximum Gasteiger partial charge on any atom is 0.336 e. The Morgan fingerprint density at radius 3 is 2.45 bits per heavy atom. The molecule has 0 amide bonds. The lowest BCUT2D eigenvalue weighted by Gasteiger charge is -2.02. The van der Waals surface area contributed by atoms with Crippen molar-refractivity contribution in [2.24, 2.45) is 0 Å². The number of benzene rings is 1. The van der Waals surface area contributed by atoms with E-state index >= 15 is 0 Å². The van der Waals surface area contributed by atoms with Crippen molar-refractivity contribution in [2.45, 2.75) is 13.8 Å². The van der Waals surface area contributed by atoms with Crippen molar-refractivity contribution < 1.29 is 9.90 Å². The molecule has 0 aliphatic carbocycles. The zero-order valence-electron chi connectivity index (χ0n) is 7.55. The number of aromatic carboxylic acids is 1. The van der Waals surface area contributed by atoms with Crippen molar-refractivity contribution in [3.8, 4) is 0 Å². The summed E-state index contributed by atoms with van der Waals surface area (Å²) in [6, 6.07) is 5.50. The molecule has 0 bridgehead atoms. The molecule has 0 heterocycles. The fraction of sp³-hybridized carbons (Fsp3) is 0.222. The number of aryl methyl sites for hydroxylation is 2. The van der Waals surface area contributed by atoms with Gasteiger partial charge in [-0.05, 0) is 25.0 Å². The lowest BCUT2D eigenvalue weighted by Crippen LogP contribution is -2.01. The van der Waals surface area contributed by atoms with Crippen LogP contribution in [0.3, 0.4) is 0 Å². The first-order valence-electron chi connectivity index (χ1n) is 3.81. The Labute approximate surface area is 67.0 Å². The Hall–Kier alpha value is -1.31. The summed E-state index contributed by atoms with van der Waals surface area (Å²) in [5, 5.41) is 3.91. The molecule has 11 heavy (non-hydrogen) atoms. The fourth-order valence-electron chi connectivity index (χ4n) is 1.14. The summed E-state index contributed by atoms with van der Waals surface area (Å²) in [5.41, 5.74) is 2.17. The van der Waals surface area contributed by atoms with E-state index in [9.17, 15) is 4.79 Å². The lowest BCUT2D eigenvalue weighted by molar-refractivity contribution is 0.0695. The first-order chi connectivity index (χ1) is 5.66. The van der Waals surface area contributed by atoms with Gasteiger partial charge in [-0.2, -0.15) is 0 Å². The average molecular weight is 152 g/mol. The third-order valence-electron chi connectivity index (χ3n) is 1.69. The van der Waals surface area contributed by atoms with Gasteiger partial charge >= 0.3 is 5.97 Å². The van der Waals surface area contributed by atoms with Gasteiger partial charge in [0, 0.05) is 0 Å². The molecule has 2 nitrogen and oxygen atoms in total. The zero-order valence-corrected chi connectivity index (χ0v) is 6.55. The topological polar surface area (TPSA) is 37.3 Å². The molecular weight excluding hydrogens is 140 g/mol. The monoisotopic (exact) mass is 152 g/mol. The standard InChI is InChI=1S/C9H10O2/c1-6-4-3-5-7(2)8(6)9(10)11/h3-5H,1-2H3,(H,10,11)/i/hT. The summed E-state index contributed by atoms with van der Waals surface area (Å²) in [5.74, 6) is -0.592. The van der Waals surface area contributed by atoms with Crippen molar-refractivity contribution in [3.05, 3.63) is 34.9 Å².